The van der Waals surface area contributed by atoms with Gasteiger partial charge in [-0.25, -0.2) is 0 Å². The van der Waals surface area contributed by atoms with Gasteiger partial charge in [0.05, 0.1) is 0 Å². The number of rotatable bonds is 4. The van der Waals surface area contributed by atoms with Crippen molar-refractivity contribution in [1.82, 2.24) is 0 Å². The van der Waals surface area contributed by atoms with Gasteiger partial charge in [0.25, 0.3) is 0 Å². The van der Waals surface area contributed by atoms with Crippen LogP contribution in [0.4, 0.5) is 0 Å². The standard InChI is InChI=1S/C13H22O/c1-3-11(4-2)9-12-7-5-6-8-13(14)10-12/h10-11H,3-9H2,1-2H3. The van der Waals surface area contributed by atoms with Crippen molar-refractivity contribution in [1.29, 1.82) is 0 Å². The Kier molecular flexibility index (Phi) is 4.92. The Bertz CT molecular complexity index is 211. The molecule has 0 amide bonds. The summed E-state index contributed by atoms with van der Waals surface area (Å²) in [5, 5.41) is 0. The van der Waals surface area contributed by atoms with Crippen molar-refractivity contribution < 1.29 is 4.79 Å². The molecule has 14 heavy (non-hydrogen) atoms. The van der Waals surface area contributed by atoms with Crippen LogP contribution in [0.3, 0.4) is 0 Å². The van der Waals surface area contributed by atoms with Crippen LogP contribution in [-0.4, -0.2) is 5.78 Å². The van der Waals surface area contributed by atoms with Gasteiger partial charge in [-0.2, -0.15) is 0 Å². The molecule has 0 bridgehead atoms. The summed E-state index contributed by atoms with van der Waals surface area (Å²) >= 11 is 0. The molecule has 0 aromatic carbocycles. The van der Waals surface area contributed by atoms with E-state index in [1.165, 1.54) is 24.8 Å². The molecule has 0 atom stereocenters. The molecule has 1 rings (SSSR count). The zero-order valence-corrected chi connectivity index (χ0v) is 9.51. The Balaban J connectivity index is 2.52. The van der Waals surface area contributed by atoms with E-state index < -0.39 is 0 Å². The second-order valence-corrected chi connectivity index (χ2v) is 4.36. The molecule has 0 spiro atoms. The summed E-state index contributed by atoms with van der Waals surface area (Å²) in [5.41, 5.74) is 1.40. The summed E-state index contributed by atoms with van der Waals surface area (Å²) in [6.07, 6.45) is 9.77. The molecule has 0 aromatic heterocycles. The van der Waals surface area contributed by atoms with Gasteiger partial charge in [-0.3, -0.25) is 4.79 Å². The molecule has 80 valence electrons. The third kappa shape index (κ3) is 3.65. The monoisotopic (exact) mass is 194 g/mol. The first-order chi connectivity index (χ1) is 6.76. The van der Waals surface area contributed by atoms with Gasteiger partial charge in [-0.1, -0.05) is 32.3 Å². The molecular formula is C13H22O. The number of hydrogen-bond donors (Lipinski definition) is 0. The molecule has 0 fully saturated rings. The molecule has 0 saturated carbocycles. The van der Waals surface area contributed by atoms with E-state index in [2.05, 4.69) is 13.8 Å². The molecule has 1 aliphatic rings. The largest absolute Gasteiger partial charge is 0.295 e. The second kappa shape index (κ2) is 6.00. The van der Waals surface area contributed by atoms with Crippen LogP contribution in [0.5, 0.6) is 0 Å². The van der Waals surface area contributed by atoms with Gasteiger partial charge < -0.3 is 0 Å². The van der Waals surface area contributed by atoms with E-state index in [1.54, 1.807) is 0 Å². The fourth-order valence-corrected chi connectivity index (χ4v) is 2.13. The first kappa shape index (κ1) is 11.5. The molecule has 1 nitrogen and oxygen atoms in total. The number of allylic oxidation sites excluding steroid dienone is 2. The fraction of sp³-hybridized carbons (Fsp3) is 0.769. The van der Waals surface area contributed by atoms with Gasteiger partial charge in [0.1, 0.15) is 0 Å². The highest BCUT2D eigenvalue weighted by molar-refractivity contribution is 5.90. The summed E-state index contributed by atoms with van der Waals surface area (Å²) in [4.78, 5) is 11.4. The Morgan fingerprint density at radius 2 is 1.86 bits per heavy atom. The predicted molar refractivity (Wildman–Crippen MR) is 60.2 cm³/mol. The minimum absolute atomic E-state index is 0.350. The third-order valence-corrected chi connectivity index (χ3v) is 3.24. The van der Waals surface area contributed by atoms with Crippen LogP contribution in [-0.2, 0) is 4.79 Å². The lowest BCUT2D eigenvalue weighted by atomic mass is 9.92. The van der Waals surface area contributed by atoms with E-state index >= 15 is 0 Å². The summed E-state index contributed by atoms with van der Waals surface area (Å²) in [5.74, 6) is 1.13. The molecule has 0 unspecified atom stereocenters. The zero-order chi connectivity index (χ0) is 10.4. The predicted octanol–water partition coefficient (Wildman–Crippen LogP) is 3.88. The molecule has 0 aliphatic heterocycles. The van der Waals surface area contributed by atoms with E-state index in [1.807, 2.05) is 6.08 Å². The first-order valence-corrected chi connectivity index (χ1v) is 5.98. The topological polar surface area (TPSA) is 17.1 Å². The van der Waals surface area contributed by atoms with E-state index in [9.17, 15) is 4.79 Å². The van der Waals surface area contributed by atoms with Crippen molar-refractivity contribution in [3.63, 3.8) is 0 Å². The van der Waals surface area contributed by atoms with Crippen LogP contribution >= 0.6 is 0 Å². The van der Waals surface area contributed by atoms with Crippen molar-refractivity contribution in [2.45, 2.75) is 58.8 Å². The molecule has 1 aliphatic carbocycles. The van der Waals surface area contributed by atoms with Crippen molar-refractivity contribution in [3.05, 3.63) is 11.6 Å². The van der Waals surface area contributed by atoms with Crippen LogP contribution in [0.15, 0.2) is 11.6 Å². The maximum Gasteiger partial charge on any atom is 0.155 e. The van der Waals surface area contributed by atoms with E-state index in [0.29, 0.717) is 5.78 Å². The van der Waals surface area contributed by atoms with Crippen molar-refractivity contribution in [2.24, 2.45) is 5.92 Å². The lowest BCUT2D eigenvalue weighted by molar-refractivity contribution is -0.114. The molecule has 0 heterocycles. The SMILES string of the molecule is CCC(CC)CC1=CC(=O)CCCC1. The number of hydrogen-bond acceptors (Lipinski definition) is 1. The van der Waals surface area contributed by atoms with Crippen LogP contribution in [0.1, 0.15) is 58.8 Å². The Morgan fingerprint density at radius 1 is 1.21 bits per heavy atom. The van der Waals surface area contributed by atoms with Gasteiger partial charge in [0.15, 0.2) is 5.78 Å². The first-order valence-electron chi connectivity index (χ1n) is 5.98. The zero-order valence-electron chi connectivity index (χ0n) is 9.51. The van der Waals surface area contributed by atoms with Gasteiger partial charge >= 0.3 is 0 Å². The quantitative estimate of drug-likeness (QED) is 0.663. The number of carbonyl (C=O) groups excluding carboxylic acids is 1. The Hall–Kier alpha value is -0.590. The minimum Gasteiger partial charge on any atom is -0.295 e. The van der Waals surface area contributed by atoms with Crippen LogP contribution in [0.25, 0.3) is 0 Å². The average molecular weight is 194 g/mol. The lowest BCUT2D eigenvalue weighted by Crippen LogP contribution is -2.00. The van der Waals surface area contributed by atoms with Gasteiger partial charge in [-0.15, -0.1) is 0 Å². The van der Waals surface area contributed by atoms with Gasteiger partial charge in [-0.05, 0) is 37.7 Å². The van der Waals surface area contributed by atoms with Crippen molar-refractivity contribution >= 4 is 5.78 Å². The summed E-state index contributed by atoms with van der Waals surface area (Å²) in [7, 11) is 0. The average Bonchev–Trinajstić information content (AvgIpc) is 2.39. The second-order valence-electron chi connectivity index (χ2n) is 4.36. The molecule has 1 heteroatoms. The Morgan fingerprint density at radius 3 is 2.50 bits per heavy atom. The highest BCUT2D eigenvalue weighted by Crippen LogP contribution is 2.24. The number of ketones is 1. The maximum absolute atomic E-state index is 11.4. The summed E-state index contributed by atoms with van der Waals surface area (Å²) < 4.78 is 0. The highest BCUT2D eigenvalue weighted by atomic mass is 16.1. The van der Waals surface area contributed by atoms with E-state index in [-0.39, 0.29) is 0 Å². The van der Waals surface area contributed by atoms with Crippen LogP contribution in [0, 0.1) is 5.92 Å². The van der Waals surface area contributed by atoms with Crippen molar-refractivity contribution in [2.75, 3.05) is 0 Å². The lowest BCUT2D eigenvalue weighted by Gasteiger charge is -2.13. The maximum atomic E-state index is 11.4. The Labute approximate surface area is 87.6 Å². The highest BCUT2D eigenvalue weighted by Gasteiger charge is 2.11. The van der Waals surface area contributed by atoms with Gasteiger partial charge in [0, 0.05) is 6.42 Å². The summed E-state index contributed by atoms with van der Waals surface area (Å²) in [6.45, 7) is 4.49. The fourth-order valence-electron chi connectivity index (χ4n) is 2.13. The smallest absolute Gasteiger partial charge is 0.155 e. The molecule has 0 radical (unpaired) electrons. The van der Waals surface area contributed by atoms with E-state index in [4.69, 9.17) is 0 Å². The third-order valence-electron chi connectivity index (χ3n) is 3.24. The van der Waals surface area contributed by atoms with Crippen LogP contribution < -0.4 is 0 Å². The number of carbonyl (C=O) groups is 1. The van der Waals surface area contributed by atoms with Crippen LogP contribution in [0.2, 0.25) is 0 Å². The molecular weight excluding hydrogens is 172 g/mol. The normalized spacial score (nSPS) is 18.2. The molecule has 0 aromatic rings. The molecule has 0 saturated heterocycles. The summed E-state index contributed by atoms with van der Waals surface area (Å²) in [6, 6.07) is 0. The van der Waals surface area contributed by atoms with Gasteiger partial charge in [0.2, 0.25) is 0 Å². The molecule has 0 N–H and O–H groups in total. The van der Waals surface area contributed by atoms with E-state index in [0.717, 1.165) is 31.6 Å². The van der Waals surface area contributed by atoms with Crippen molar-refractivity contribution in [3.8, 4) is 0 Å². The minimum atomic E-state index is 0.350.